The molecule has 0 spiro atoms. The smallest absolute Gasteiger partial charge is 0.143 e. The number of aliphatic hydroxyl groups is 1. The molecule has 4 heteroatoms. The van der Waals surface area contributed by atoms with Crippen LogP contribution in [-0.4, -0.2) is 29.4 Å². The van der Waals surface area contributed by atoms with Crippen molar-refractivity contribution in [2.45, 2.75) is 37.9 Å². The third kappa shape index (κ3) is 2.42. The zero-order valence-electron chi connectivity index (χ0n) is 10.3. The lowest BCUT2D eigenvalue weighted by Gasteiger charge is -2.37. The first-order valence-corrected chi connectivity index (χ1v) is 5.98. The highest BCUT2D eigenvalue weighted by atomic mass is 16.5. The van der Waals surface area contributed by atoms with Crippen molar-refractivity contribution in [3.63, 3.8) is 0 Å². The lowest BCUT2D eigenvalue weighted by atomic mass is 9.88. The minimum absolute atomic E-state index is 0.555. The molecule has 1 aliphatic rings. The zero-order valence-corrected chi connectivity index (χ0v) is 10.3. The van der Waals surface area contributed by atoms with Gasteiger partial charge in [0.05, 0.1) is 12.7 Å². The normalized spacial score (nSPS) is 26.5. The van der Waals surface area contributed by atoms with Crippen LogP contribution in [0.5, 0.6) is 5.75 Å². The van der Waals surface area contributed by atoms with Gasteiger partial charge < -0.3 is 14.6 Å². The molecule has 2 unspecified atom stereocenters. The summed E-state index contributed by atoms with van der Waals surface area (Å²) >= 11 is 0. The fraction of sp³-hybridized carbons (Fsp3) is 0.615. The van der Waals surface area contributed by atoms with Gasteiger partial charge in [0, 0.05) is 12.8 Å². The third-order valence-electron chi connectivity index (χ3n) is 3.36. The fourth-order valence-electron chi connectivity index (χ4n) is 2.24. The maximum atomic E-state index is 10.4. The number of hydrogen-bond acceptors (Lipinski definition) is 4. The monoisotopic (exact) mass is 237 g/mol. The van der Waals surface area contributed by atoms with Crippen molar-refractivity contribution in [2.75, 3.05) is 13.7 Å². The first-order valence-electron chi connectivity index (χ1n) is 5.98. The Morgan fingerprint density at radius 1 is 1.53 bits per heavy atom. The van der Waals surface area contributed by atoms with Gasteiger partial charge in [0.25, 0.3) is 0 Å². The van der Waals surface area contributed by atoms with E-state index in [1.165, 1.54) is 0 Å². The summed E-state index contributed by atoms with van der Waals surface area (Å²) in [7, 11) is 1.58. The van der Waals surface area contributed by atoms with Gasteiger partial charge in [-0.1, -0.05) is 0 Å². The standard InChI is InChI=1S/C13H19NO3/c1-13(7-3-4-9-17-13)12(15)11-10(16-2)6-5-8-14-11/h5-6,8,12,15H,3-4,7,9H2,1-2H3. The van der Waals surface area contributed by atoms with Gasteiger partial charge >= 0.3 is 0 Å². The maximum Gasteiger partial charge on any atom is 0.143 e. The Kier molecular flexibility index (Phi) is 3.64. The highest BCUT2D eigenvalue weighted by Gasteiger charge is 2.38. The van der Waals surface area contributed by atoms with Gasteiger partial charge in [-0.05, 0) is 38.3 Å². The molecule has 1 saturated heterocycles. The molecule has 1 aromatic rings. The topological polar surface area (TPSA) is 51.6 Å². The Balaban J connectivity index is 2.26. The highest BCUT2D eigenvalue weighted by molar-refractivity contribution is 5.30. The van der Waals surface area contributed by atoms with Crippen molar-refractivity contribution in [1.82, 2.24) is 4.98 Å². The molecule has 1 fully saturated rings. The quantitative estimate of drug-likeness (QED) is 0.874. The van der Waals surface area contributed by atoms with E-state index in [2.05, 4.69) is 4.98 Å². The second-order valence-electron chi connectivity index (χ2n) is 4.61. The number of hydrogen-bond donors (Lipinski definition) is 1. The molecule has 0 amide bonds. The van der Waals surface area contributed by atoms with E-state index >= 15 is 0 Å². The molecule has 0 saturated carbocycles. The fourth-order valence-corrected chi connectivity index (χ4v) is 2.24. The van der Waals surface area contributed by atoms with Crippen LogP contribution >= 0.6 is 0 Å². The third-order valence-corrected chi connectivity index (χ3v) is 3.36. The van der Waals surface area contributed by atoms with Crippen LogP contribution in [0.1, 0.15) is 38.0 Å². The molecule has 1 aliphatic heterocycles. The second kappa shape index (κ2) is 5.02. The van der Waals surface area contributed by atoms with Crippen molar-refractivity contribution >= 4 is 0 Å². The number of aromatic nitrogens is 1. The predicted octanol–water partition coefficient (Wildman–Crippen LogP) is 2.08. The van der Waals surface area contributed by atoms with Gasteiger partial charge in [0.2, 0.25) is 0 Å². The number of nitrogens with zero attached hydrogens (tertiary/aromatic N) is 1. The summed E-state index contributed by atoms with van der Waals surface area (Å²) in [6, 6.07) is 3.59. The molecular formula is C13H19NO3. The Labute approximate surface area is 102 Å². The van der Waals surface area contributed by atoms with E-state index in [1.807, 2.05) is 6.92 Å². The molecule has 1 N–H and O–H groups in total. The summed E-state index contributed by atoms with van der Waals surface area (Å²) in [4.78, 5) is 4.21. The van der Waals surface area contributed by atoms with E-state index in [4.69, 9.17) is 9.47 Å². The largest absolute Gasteiger partial charge is 0.495 e. The average molecular weight is 237 g/mol. The van der Waals surface area contributed by atoms with Crippen molar-refractivity contribution in [3.8, 4) is 5.75 Å². The highest BCUT2D eigenvalue weighted by Crippen LogP contribution is 2.38. The van der Waals surface area contributed by atoms with Crippen LogP contribution in [0.3, 0.4) is 0 Å². The molecule has 1 aromatic heterocycles. The van der Waals surface area contributed by atoms with Crippen LogP contribution < -0.4 is 4.74 Å². The molecule has 0 aliphatic carbocycles. The molecular weight excluding hydrogens is 218 g/mol. The van der Waals surface area contributed by atoms with Gasteiger partial charge in [-0.15, -0.1) is 0 Å². The molecule has 94 valence electrons. The SMILES string of the molecule is COc1cccnc1C(O)C1(C)CCCCO1. The van der Waals surface area contributed by atoms with Crippen LogP contribution in [0.2, 0.25) is 0 Å². The summed E-state index contributed by atoms with van der Waals surface area (Å²) < 4.78 is 11.0. The Morgan fingerprint density at radius 3 is 3.00 bits per heavy atom. The number of pyridine rings is 1. The maximum absolute atomic E-state index is 10.4. The second-order valence-corrected chi connectivity index (χ2v) is 4.61. The van der Waals surface area contributed by atoms with Crippen molar-refractivity contribution in [2.24, 2.45) is 0 Å². The lowest BCUT2D eigenvalue weighted by Crippen LogP contribution is -2.39. The molecule has 4 nitrogen and oxygen atoms in total. The number of methoxy groups -OCH3 is 1. The van der Waals surface area contributed by atoms with Crippen molar-refractivity contribution in [3.05, 3.63) is 24.0 Å². The van der Waals surface area contributed by atoms with E-state index in [-0.39, 0.29) is 0 Å². The van der Waals surface area contributed by atoms with Gasteiger partial charge in [0.15, 0.2) is 0 Å². The molecule has 17 heavy (non-hydrogen) atoms. The van der Waals surface area contributed by atoms with Gasteiger partial charge in [0.1, 0.15) is 17.5 Å². The summed E-state index contributed by atoms with van der Waals surface area (Å²) in [6.07, 6.45) is 3.88. The summed E-state index contributed by atoms with van der Waals surface area (Å²) in [5.41, 5.74) is -0.000671. The number of aliphatic hydroxyl groups excluding tert-OH is 1. The Bertz CT molecular complexity index is 375. The molecule has 0 bridgehead atoms. The Hall–Kier alpha value is -1.13. The van der Waals surface area contributed by atoms with Crippen LogP contribution in [0, 0.1) is 0 Å². The Morgan fingerprint density at radius 2 is 2.35 bits per heavy atom. The molecule has 2 rings (SSSR count). The van der Waals surface area contributed by atoms with Crippen molar-refractivity contribution < 1.29 is 14.6 Å². The summed E-state index contributed by atoms with van der Waals surface area (Å²) in [5, 5.41) is 10.4. The molecule has 0 aromatic carbocycles. The van der Waals surface area contributed by atoms with Crippen molar-refractivity contribution in [1.29, 1.82) is 0 Å². The first kappa shape index (κ1) is 12.3. The minimum Gasteiger partial charge on any atom is -0.495 e. The van der Waals surface area contributed by atoms with Crippen LogP contribution in [0.4, 0.5) is 0 Å². The van der Waals surface area contributed by atoms with E-state index in [1.54, 1.807) is 25.4 Å². The van der Waals surface area contributed by atoms with E-state index in [0.29, 0.717) is 18.1 Å². The summed E-state index contributed by atoms with van der Waals surface area (Å²) in [5.74, 6) is 0.607. The summed E-state index contributed by atoms with van der Waals surface area (Å²) in [6.45, 7) is 2.63. The average Bonchev–Trinajstić information content (AvgIpc) is 2.38. The molecule has 2 heterocycles. The van der Waals surface area contributed by atoms with Gasteiger partial charge in [-0.3, -0.25) is 4.98 Å². The van der Waals surface area contributed by atoms with Crippen LogP contribution in [-0.2, 0) is 4.74 Å². The molecule has 0 radical (unpaired) electrons. The minimum atomic E-state index is -0.751. The molecule has 2 atom stereocenters. The number of rotatable bonds is 3. The van der Waals surface area contributed by atoms with Gasteiger partial charge in [-0.2, -0.15) is 0 Å². The first-order chi connectivity index (χ1) is 8.17. The van der Waals surface area contributed by atoms with E-state index in [0.717, 1.165) is 19.3 Å². The van der Waals surface area contributed by atoms with Crippen LogP contribution in [0.15, 0.2) is 18.3 Å². The number of ether oxygens (including phenoxy) is 2. The van der Waals surface area contributed by atoms with E-state index < -0.39 is 11.7 Å². The predicted molar refractivity (Wildman–Crippen MR) is 64.0 cm³/mol. The van der Waals surface area contributed by atoms with Crippen LogP contribution in [0.25, 0.3) is 0 Å². The van der Waals surface area contributed by atoms with Gasteiger partial charge in [-0.25, -0.2) is 0 Å². The zero-order chi connectivity index (χ0) is 12.3. The van der Waals surface area contributed by atoms with E-state index in [9.17, 15) is 5.11 Å². The lowest BCUT2D eigenvalue weighted by molar-refractivity contribution is -0.140.